The Bertz CT molecular complexity index is 276. The van der Waals surface area contributed by atoms with Crippen molar-refractivity contribution in [1.29, 1.82) is 0 Å². The summed E-state index contributed by atoms with van der Waals surface area (Å²) in [5.41, 5.74) is 5.73. The van der Waals surface area contributed by atoms with Gasteiger partial charge in [0.25, 0.3) is 0 Å². The molecule has 2 N–H and O–H groups in total. The minimum Gasteiger partial charge on any atom is -0.322 e. The van der Waals surface area contributed by atoms with Crippen LogP contribution in [0.3, 0.4) is 0 Å². The first-order chi connectivity index (χ1) is 6.27. The molecule has 2 rings (SSSR count). The van der Waals surface area contributed by atoms with Crippen molar-refractivity contribution >= 4 is 11.3 Å². The van der Waals surface area contributed by atoms with E-state index in [1.807, 2.05) is 6.92 Å². The SMILES string of the molecule is CC(N)c1nnc(C2CCCC2)s1. The van der Waals surface area contributed by atoms with Crippen molar-refractivity contribution in [2.75, 3.05) is 0 Å². The average molecular weight is 197 g/mol. The summed E-state index contributed by atoms with van der Waals surface area (Å²) in [6.07, 6.45) is 5.26. The molecule has 0 aromatic carbocycles. The van der Waals surface area contributed by atoms with E-state index in [9.17, 15) is 0 Å². The first kappa shape index (κ1) is 9.09. The van der Waals surface area contributed by atoms with Crippen molar-refractivity contribution in [1.82, 2.24) is 10.2 Å². The van der Waals surface area contributed by atoms with Crippen LogP contribution in [0.25, 0.3) is 0 Å². The Morgan fingerprint density at radius 3 is 2.62 bits per heavy atom. The fraction of sp³-hybridized carbons (Fsp3) is 0.778. The van der Waals surface area contributed by atoms with Gasteiger partial charge >= 0.3 is 0 Å². The van der Waals surface area contributed by atoms with Gasteiger partial charge in [0, 0.05) is 5.92 Å². The summed E-state index contributed by atoms with van der Waals surface area (Å²) in [5.74, 6) is 0.671. The zero-order chi connectivity index (χ0) is 9.26. The van der Waals surface area contributed by atoms with Gasteiger partial charge in [0.1, 0.15) is 10.0 Å². The van der Waals surface area contributed by atoms with E-state index >= 15 is 0 Å². The van der Waals surface area contributed by atoms with Crippen LogP contribution < -0.4 is 5.73 Å². The van der Waals surface area contributed by atoms with Crippen LogP contribution >= 0.6 is 11.3 Å². The van der Waals surface area contributed by atoms with E-state index in [-0.39, 0.29) is 6.04 Å². The van der Waals surface area contributed by atoms with Crippen LogP contribution in [-0.4, -0.2) is 10.2 Å². The number of aromatic nitrogens is 2. The molecule has 1 aliphatic carbocycles. The molecular formula is C9H15N3S. The fourth-order valence-corrected chi connectivity index (χ4v) is 2.73. The summed E-state index contributed by atoms with van der Waals surface area (Å²) < 4.78 is 0. The molecule has 1 fully saturated rings. The van der Waals surface area contributed by atoms with Crippen molar-refractivity contribution in [2.45, 2.75) is 44.6 Å². The third-order valence-electron chi connectivity index (χ3n) is 2.55. The smallest absolute Gasteiger partial charge is 0.133 e. The van der Waals surface area contributed by atoms with Crippen LogP contribution in [0, 0.1) is 0 Å². The second-order valence-electron chi connectivity index (χ2n) is 3.75. The van der Waals surface area contributed by atoms with Crippen LogP contribution in [0.15, 0.2) is 0 Å². The van der Waals surface area contributed by atoms with Gasteiger partial charge in [-0.15, -0.1) is 10.2 Å². The summed E-state index contributed by atoms with van der Waals surface area (Å²) in [7, 11) is 0. The van der Waals surface area contributed by atoms with E-state index in [1.54, 1.807) is 11.3 Å². The van der Waals surface area contributed by atoms with Gasteiger partial charge < -0.3 is 5.73 Å². The van der Waals surface area contributed by atoms with Gasteiger partial charge in [-0.05, 0) is 19.8 Å². The highest BCUT2D eigenvalue weighted by Crippen LogP contribution is 2.35. The molecule has 0 aliphatic heterocycles. The normalized spacial score (nSPS) is 20.8. The highest BCUT2D eigenvalue weighted by Gasteiger charge is 2.21. The molecular weight excluding hydrogens is 182 g/mol. The molecule has 3 nitrogen and oxygen atoms in total. The summed E-state index contributed by atoms with van der Waals surface area (Å²) in [6.45, 7) is 1.96. The van der Waals surface area contributed by atoms with Gasteiger partial charge in [0.05, 0.1) is 6.04 Å². The quantitative estimate of drug-likeness (QED) is 0.791. The van der Waals surface area contributed by atoms with Gasteiger partial charge in [-0.2, -0.15) is 0 Å². The average Bonchev–Trinajstić information content (AvgIpc) is 2.75. The Balaban J connectivity index is 2.12. The molecule has 1 aliphatic rings. The molecule has 1 aromatic rings. The summed E-state index contributed by atoms with van der Waals surface area (Å²) >= 11 is 1.69. The molecule has 1 atom stereocenters. The molecule has 1 aromatic heterocycles. The molecule has 0 bridgehead atoms. The van der Waals surface area contributed by atoms with E-state index in [1.165, 1.54) is 30.7 Å². The van der Waals surface area contributed by atoms with E-state index in [2.05, 4.69) is 10.2 Å². The number of hydrogen-bond donors (Lipinski definition) is 1. The molecule has 13 heavy (non-hydrogen) atoms. The predicted octanol–water partition coefficient (Wildman–Crippen LogP) is 2.22. The van der Waals surface area contributed by atoms with Crippen LogP contribution in [0.2, 0.25) is 0 Å². The molecule has 72 valence electrons. The van der Waals surface area contributed by atoms with E-state index in [4.69, 9.17) is 5.73 Å². The zero-order valence-electron chi connectivity index (χ0n) is 7.86. The highest BCUT2D eigenvalue weighted by atomic mass is 32.1. The van der Waals surface area contributed by atoms with Crippen molar-refractivity contribution in [3.63, 3.8) is 0 Å². The summed E-state index contributed by atoms with van der Waals surface area (Å²) in [4.78, 5) is 0. The molecule has 0 saturated heterocycles. The minimum atomic E-state index is 0.0349. The van der Waals surface area contributed by atoms with Gasteiger partial charge in [0.2, 0.25) is 0 Å². The monoisotopic (exact) mass is 197 g/mol. The maximum absolute atomic E-state index is 5.73. The summed E-state index contributed by atoms with van der Waals surface area (Å²) in [5, 5.41) is 10.5. The lowest BCUT2D eigenvalue weighted by Crippen LogP contribution is -2.03. The second-order valence-corrected chi connectivity index (χ2v) is 4.79. The third kappa shape index (κ3) is 1.89. The number of hydrogen-bond acceptors (Lipinski definition) is 4. The van der Waals surface area contributed by atoms with Gasteiger partial charge in [-0.25, -0.2) is 0 Å². The fourth-order valence-electron chi connectivity index (χ4n) is 1.77. The Morgan fingerprint density at radius 2 is 2.08 bits per heavy atom. The summed E-state index contributed by atoms with van der Waals surface area (Å²) in [6, 6.07) is 0.0349. The lowest BCUT2D eigenvalue weighted by molar-refractivity contribution is 0.699. The first-order valence-electron chi connectivity index (χ1n) is 4.86. The van der Waals surface area contributed by atoms with Crippen molar-refractivity contribution in [2.24, 2.45) is 5.73 Å². The van der Waals surface area contributed by atoms with Crippen LogP contribution in [0.5, 0.6) is 0 Å². The molecule has 4 heteroatoms. The van der Waals surface area contributed by atoms with Crippen LogP contribution in [-0.2, 0) is 0 Å². The van der Waals surface area contributed by atoms with E-state index in [0.717, 1.165) is 5.01 Å². The number of nitrogens with two attached hydrogens (primary N) is 1. The number of rotatable bonds is 2. The Hall–Kier alpha value is -0.480. The lowest BCUT2D eigenvalue weighted by atomic mass is 10.1. The molecule has 0 spiro atoms. The maximum atomic E-state index is 5.73. The van der Waals surface area contributed by atoms with Gasteiger partial charge in [-0.3, -0.25) is 0 Å². The van der Waals surface area contributed by atoms with E-state index in [0.29, 0.717) is 5.92 Å². The molecule has 1 saturated carbocycles. The highest BCUT2D eigenvalue weighted by molar-refractivity contribution is 7.11. The second kappa shape index (κ2) is 3.72. The third-order valence-corrected chi connectivity index (χ3v) is 3.84. The Kier molecular flexibility index (Phi) is 2.60. The van der Waals surface area contributed by atoms with Gasteiger partial charge in [0.15, 0.2) is 0 Å². The minimum absolute atomic E-state index is 0.0349. The van der Waals surface area contributed by atoms with Crippen molar-refractivity contribution in [3.8, 4) is 0 Å². The maximum Gasteiger partial charge on any atom is 0.133 e. The first-order valence-corrected chi connectivity index (χ1v) is 5.68. The van der Waals surface area contributed by atoms with Crippen LogP contribution in [0.1, 0.15) is 54.6 Å². The molecule has 1 heterocycles. The Morgan fingerprint density at radius 1 is 1.38 bits per heavy atom. The predicted molar refractivity (Wildman–Crippen MR) is 53.7 cm³/mol. The Labute approximate surface area is 82.4 Å². The topological polar surface area (TPSA) is 51.8 Å². The standard InChI is InChI=1S/C9H15N3S/c1-6(10)8-11-12-9(13-8)7-4-2-3-5-7/h6-7H,2-5,10H2,1H3. The van der Waals surface area contributed by atoms with Crippen molar-refractivity contribution < 1.29 is 0 Å². The van der Waals surface area contributed by atoms with Gasteiger partial charge in [-0.1, -0.05) is 24.2 Å². The molecule has 0 radical (unpaired) electrons. The zero-order valence-corrected chi connectivity index (χ0v) is 8.68. The number of nitrogens with zero attached hydrogens (tertiary/aromatic N) is 2. The van der Waals surface area contributed by atoms with Crippen molar-refractivity contribution in [3.05, 3.63) is 10.0 Å². The lowest BCUT2D eigenvalue weighted by Gasteiger charge is -2.01. The molecule has 0 amide bonds. The van der Waals surface area contributed by atoms with Crippen LogP contribution in [0.4, 0.5) is 0 Å². The van der Waals surface area contributed by atoms with E-state index < -0.39 is 0 Å². The largest absolute Gasteiger partial charge is 0.322 e. The molecule has 1 unspecified atom stereocenters.